The van der Waals surface area contributed by atoms with E-state index in [0.717, 1.165) is 19.4 Å². The molecule has 23 heavy (non-hydrogen) atoms. The molecule has 2 nitrogen and oxygen atoms in total. The van der Waals surface area contributed by atoms with Gasteiger partial charge in [0.25, 0.3) is 0 Å². The predicted octanol–water partition coefficient (Wildman–Crippen LogP) is 6.93. The van der Waals surface area contributed by atoms with Gasteiger partial charge in [-0.3, -0.25) is 0 Å². The normalized spacial score (nSPS) is 15.3. The van der Waals surface area contributed by atoms with Crippen LogP contribution in [0, 0.1) is 0 Å². The molecule has 0 aromatic carbocycles. The van der Waals surface area contributed by atoms with Crippen LogP contribution in [0.2, 0.25) is 6.55 Å². The van der Waals surface area contributed by atoms with Crippen LogP contribution in [0.5, 0.6) is 0 Å². The standard InChI is InChI=1S/C20H42O2Si/c1-6-9-11-13-14-15-17-19-21-23(5,8-3)22-20(4)18-16-12-10-7-2/h8,20H,3,6-7,9-19H2,1-2,4-5H3. The molecule has 0 fully saturated rings. The first-order valence-corrected chi connectivity index (χ1v) is 12.4. The fourth-order valence-electron chi connectivity index (χ4n) is 2.79. The average molecular weight is 343 g/mol. The summed E-state index contributed by atoms with van der Waals surface area (Å²) in [5.74, 6) is 0. The quantitative estimate of drug-likeness (QED) is 0.211. The second-order valence-corrected chi connectivity index (χ2v) is 9.93. The summed E-state index contributed by atoms with van der Waals surface area (Å²) in [4.78, 5) is 0. The molecule has 0 saturated heterocycles. The Kier molecular flexibility index (Phi) is 15.3. The van der Waals surface area contributed by atoms with Crippen LogP contribution in [0.1, 0.15) is 97.8 Å². The highest BCUT2D eigenvalue weighted by atomic mass is 28.4. The molecule has 0 aromatic heterocycles. The van der Waals surface area contributed by atoms with Crippen molar-refractivity contribution in [3.63, 3.8) is 0 Å². The fraction of sp³-hybridized carbons (Fsp3) is 0.900. The lowest BCUT2D eigenvalue weighted by atomic mass is 10.1. The first kappa shape index (κ1) is 22.9. The Morgan fingerprint density at radius 3 is 1.96 bits per heavy atom. The summed E-state index contributed by atoms with van der Waals surface area (Å²) in [5.41, 5.74) is 1.94. The molecule has 0 radical (unpaired) electrons. The van der Waals surface area contributed by atoms with Crippen molar-refractivity contribution in [2.24, 2.45) is 0 Å². The number of hydrogen-bond acceptors (Lipinski definition) is 2. The summed E-state index contributed by atoms with van der Waals surface area (Å²) in [6, 6.07) is 0. The number of rotatable bonds is 17. The van der Waals surface area contributed by atoms with Crippen LogP contribution in [0.4, 0.5) is 0 Å². The maximum atomic E-state index is 6.23. The highest BCUT2D eigenvalue weighted by Gasteiger charge is 2.29. The van der Waals surface area contributed by atoms with Crippen LogP contribution in [0.25, 0.3) is 0 Å². The van der Waals surface area contributed by atoms with E-state index >= 15 is 0 Å². The summed E-state index contributed by atoms with van der Waals surface area (Å²) in [6.45, 7) is 13.6. The summed E-state index contributed by atoms with van der Waals surface area (Å²) in [5, 5.41) is 0. The van der Waals surface area contributed by atoms with E-state index in [1.165, 1.54) is 64.2 Å². The molecule has 0 heterocycles. The van der Waals surface area contributed by atoms with E-state index in [9.17, 15) is 0 Å². The van der Waals surface area contributed by atoms with Gasteiger partial charge in [-0.25, -0.2) is 0 Å². The Hall–Kier alpha value is -0.123. The van der Waals surface area contributed by atoms with Crippen molar-refractivity contribution in [1.82, 2.24) is 0 Å². The molecule has 0 rings (SSSR count). The molecule has 0 aliphatic carbocycles. The Labute approximate surface area is 147 Å². The molecule has 3 heteroatoms. The molecule has 138 valence electrons. The highest BCUT2D eigenvalue weighted by Crippen LogP contribution is 2.17. The van der Waals surface area contributed by atoms with Gasteiger partial charge in [-0.1, -0.05) is 78.1 Å². The van der Waals surface area contributed by atoms with Crippen LogP contribution in [-0.4, -0.2) is 21.3 Å². The van der Waals surface area contributed by atoms with Crippen molar-refractivity contribution in [3.8, 4) is 0 Å². The zero-order valence-corrected chi connectivity index (χ0v) is 17.4. The second-order valence-electron chi connectivity index (χ2n) is 6.97. The zero-order valence-electron chi connectivity index (χ0n) is 16.4. The summed E-state index contributed by atoms with van der Waals surface area (Å²) < 4.78 is 12.3. The van der Waals surface area contributed by atoms with Crippen molar-refractivity contribution in [3.05, 3.63) is 12.3 Å². The van der Waals surface area contributed by atoms with Crippen LogP contribution >= 0.6 is 0 Å². The van der Waals surface area contributed by atoms with Crippen molar-refractivity contribution in [1.29, 1.82) is 0 Å². The Morgan fingerprint density at radius 2 is 1.39 bits per heavy atom. The number of unbranched alkanes of at least 4 members (excludes halogenated alkanes) is 9. The molecular weight excluding hydrogens is 300 g/mol. The van der Waals surface area contributed by atoms with Crippen LogP contribution in [0.3, 0.4) is 0 Å². The van der Waals surface area contributed by atoms with Crippen LogP contribution in [0.15, 0.2) is 12.3 Å². The van der Waals surface area contributed by atoms with Crippen molar-refractivity contribution >= 4 is 8.56 Å². The third-order valence-corrected chi connectivity index (χ3v) is 6.80. The minimum absolute atomic E-state index is 0.288. The van der Waals surface area contributed by atoms with E-state index in [-0.39, 0.29) is 6.10 Å². The van der Waals surface area contributed by atoms with Gasteiger partial charge >= 0.3 is 8.56 Å². The predicted molar refractivity (Wildman–Crippen MR) is 105 cm³/mol. The minimum Gasteiger partial charge on any atom is -0.391 e. The van der Waals surface area contributed by atoms with Gasteiger partial charge in [0.15, 0.2) is 0 Å². The van der Waals surface area contributed by atoms with Gasteiger partial charge in [-0.15, -0.1) is 6.58 Å². The lowest BCUT2D eigenvalue weighted by molar-refractivity contribution is 0.126. The van der Waals surface area contributed by atoms with Gasteiger partial charge in [0, 0.05) is 12.7 Å². The molecule has 0 amide bonds. The first-order chi connectivity index (χ1) is 11.1. The van der Waals surface area contributed by atoms with Gasteiger partial charge in [0.2, 0.25) is 0 Å². The SMILES string of the molecule is C=C[Si](C)(OCCCCCCCCC)OC(C)CCCCCC. The van der Waals surface area contributed by atoms with E-state index < -0.39 is 8.56 Å². The Balaban J connectivity index is 3.76. The fourth-order valence-corrected chi connectivity index (χ4v) is 4.54. The largest absolute Gasteiger partial charge is 0.391 e. The molecule has 0 bridgehead atoms. The molecule has 0 aromatic rings. The lowest BCUT2D eigenvalue weighted by Gasteiger charge is -2.27. The first-order valence-electron chi connectivity index (χ1n) is 10.0. The third kappa shape index (κ3) is 14.0. The van der Waals surface area contributed by atoms with Gasteiger partial charge in [-0.05, 0) is 32.0 Å². The van der Waals surface area contributed by atoms with Gasteiger partial charge in [-0.2, -0.15) is 0 Å². The maximum absolute atomic E-state index is 6.23. The smallest absolute Gasteiger partial charge is 0.361 e. The van der Waals surface area contributed by atoms with Crippen LogP contribution < -0.4 is 0 Å². The summed E-state index contributed by atoms with van der Waals surface area (Å²) in [6.07, 6.45) is 15.8. The molecule has 0 aliphatic rings. The maximum Gasteiger partial charge on any atom is 0.361 e. The van der Waals surface area contributed by atoms with Gasteiger partial charge < -0.3 is 8.85 Å². The molecule has 2 atom stereocenters. The Morgan fingerprint density at radius 1 is 0.870 bits per heavy atom. The molecule has 0 spiro atoms. The van der Waals surface area contributed by atoms with E-state index in [4.69, 9.17) is 8.85 Å². The third-order valence-electron chi connectivity index (χ3n) is 4.41. The van der Waals surface area contributed by atoms with Crippen LogP contribution in [-0.2, 0) is 8.85 Å². The zero-order chi connectivity index (χ0) is 17.4. The van der Waals surface area contributed by atoms with E-state index in [2.05, 4.69) is 33.9 Å². The van der Waals surface area contributed by atoms with E-state index in [1.54, 1.807) is 0 Å². The molecule has 0 saturated carbocycles. The topological polar surface area (TPSA) is 18.5 Å². The summed E-state index contributed by atoms with van der Waals surface area (Å²) >= 11 is 0. The van der Waals surface area contributed by atoms with Gasteiger partial charge in [0.05, 0.1) is 0 Å². The number of hydrogen-bond donors (Lipinski definition) is 0. The van der Waals surface area contributed by atoms with E-state index in [1.807, 2.05) is 5.70 Å². The van der Waals surface area contributed by atoms with Gasteiger partial charge in [0.1, 0.15) is 0 Å². The highest BCUT2D eigenvalue weighted by molar-refractivity contribution is 6.71. The summed E-state index contributed by atoms with van der Waals surface area (Å²) in [7, 11) is -2.17. The average Bonchev–Trinajstić information content (AvgIpc) is 2.54. The molecule has 2 unspecified atom stereocenters. The van der Waals surface area contributed by atoms with Crippen molar-refractivity contribution in [2.45, 2.75) is 110 Å². The molecular formula is C20H42O2Si. The second kappa shape index (κ2) is 15.4. The lowest BCUT2D eigenvalue weighted by Crippen LogP contribution is -2.40. The Bertz CT molecular complexity index is 270. The van der Waals surface area contributed by atoms with Crippen molar-refractivity contribution in [2.75, 3.05) is 6.61 Å². The molecule has 0 N–H and O–H groups in total. The minimum atomic E-state index is -2.17. The molecule has 0 aliphatic heterocycles. The monoisotopic (exact) mass is 342 g/mol. The van der Waals surface area contributed by atoms with E-state index in [0.29, 0.717) is 0 Å². The van der Waals surface area contributed by atoms with Crippen molar-refractivity contribution < 1.29 is 8.85 Å².